The minimum atomic E-state index is -0.557. The minimum Gasteiger partial charge on any atom is -0.384 e. The van der Waals surface area contributed by atoms with E-state index in [1.54, 1.807) is 6.20 Å². The fourth-order valence-corrected chi connectivity index (χ4v) is 2.36. The summed E-state index contributed by atoms with van der Waals surface area (Å²) < 4.78 is 26.7. The van der Waals surface area contributed by atoms with E-state index in [9.17, 15) is 8.78 Å². The Bertz CT molecular complexity index is 602. The Morgan fingerprint density at radius 3 is 2.67 bits per heavy atom. The normalized spacial score (nSPS) is 12.3. The Kier molecular flexibility index (Phi) is 5.22. The monoisotopic (exact) mass is 291 g/mol. The molecule has 21 heavy (non-hydrogen) atoms. The van der Waals surface area contributed by atoms with Gasteiger partial charge in [0, 0.05) is 18.3 Å². The van der Waals surface area contributed by atoms with Gasteiger partial charge in [0.15, 0.2) is 0 Å². The quantitative estimate of drug-likeness (QED) is 0.860. The molecule has 0 aliphatic carbocycles. The smallest absolute Gasteiger partial charge is 0.129 e. The zero-order valence-electron chi connectivity index (χ0n) is 11.9. The first-order valence-corrected chi connectivity index (χ1v) is 6.96. The number of benzene rings is 1. The van der Waals surface area contributed by atoms with Gasteiger partial charge in [-0.3, -0.25) is 0 Å². The van der Waals surface area contributed by atoms with Crippen molar-refractivity contribution in [2.75, 3.05) is 12.3 Å². The van der Waals surface area contributed by atoms with Crippen LogP contribution in [0.4, 0.5) is 14.6 Å². The molecular weight excluding hydrogens is 272 g/mol. The molecule has 0 spiro atoms. The van der Waals surface area contributed by atoms with Crippen LogP contribution in [0, 0.1) is 11.6 Å². The first-order chi connectivity index (χ1) is 10.1. The van der Waals surface area contributed by atoms with Gasteiger partial charge in [0.05, 0.1) is 0 Å². The molecule has 0 aliphatic heterocycles. The second kappa shape index (κ2) is 7.13. The summed E-state index contributed by atoms with van der Waals surface area (Å²) >= 11 is 0. The van der Waals surface area contributed by atoms with Crippen LogP contribution in [0.15, 0.2) is 36.5 Å². The Labute approximate surface area is 123 Å². The van der Waals surface area contributed by atoms with E-state index in [2.05, 4.69) is 10.3 Å². The SMILES string of the molecule is CCNC(Cc1ccnc(N)c1)Cc1ccc(F)cc1F. The van der Waals surface area contributed by atoms with Crippen LogP contribution in [-0.2, 0) is 12.8 Å². The van der Waals surface area contributed by atoms with Crippen molar-refractivity contribution in [2.24, 2.45) is 0 Å². The van der Waals surface area contributed by atoms with Gasteiger partial charge in [0.25, 0.3) is 0 Å². The van der Waals surface area contributed by atoms with Gasteiger partial charge in [0.1, 0.15) is 17.5 Å². The highest BCUT2D eigenvalue weighted by atomic mass is 19.1. The molecule has 1 unspecified atom stereocenters. The summed E-state index contributed by atoms with van der Waals surface area (Å²) in [6.45, 7) is 2.77. The second-order valence-electron chi connectivity index (χ2n) is 4.99. The van der Waals surface area contributed by atoms with Crippen molar-refractivity contribution in [3.05, 3.63) is 59.3 Å². The Morgan fingerprint density at radius 1 is 1.19 bits per heavy atom. The summed E-state index contributed by atoms with van der Waals surface area (Å²) in [6.07, 6.45) is 2.85. The summed E-state index contributed by atoms with van der Waals surface area (Å²) in [5.74, 6) is -0.596. The number of nitrogen functional groups attached to an aromatic ring is 1. The molecule has 0 saturated carbocycles. The van der Waals surface area contributed by atoms with Gasteiger partial charge in [-0.05, 0) is 48.7 Å². The van der Waals surface area contributed by atoms with Crippen molar-refractivity contribution in [2.45, 2.75) is 25.8 Å². The maximum atomic E-state index is 13.8. The fraction of sp³-hybridized carbons (Fsp3) is 0.312. The van der Waals surface area contributed by atoms with Crippen molar-refractivity contribution in [1.29, 1.82) is 0 Å². The van der Waals surface area contributed by atoms with Gasteiger partial charge in [-0.15, -0.1) is 0 Å². The van der Waals surface area contributed by atoms with Crippen LogP contribution in [0.2, 0.25) is 0 Å². The topological polar surface area (TPSA) is 50.9 Å². The molecule has 2 aromatic rings. The predicted molar refractivity (Wildman–Crippen MR) is 79.9 cm³/mol. The number of halogens is 2. The summed E-state index contributed by atoms with van der Waals surface area (Å²) in [4.78, 5) is 3.96. The van der Waals surface area contributed by atoms with Gasteiger partial charge in [0.2, 0.25) is 0 Å². The zero-order valence-corrected chi connectivity index (χ0v) is 11.9. The average molecular weight is 291 g/mol. The standard InChI is InChI=1S/C16H19F2N3/c1-2-20-14(7-11-5-6-21-16(19)8-11)9-12-3-4-13(17)10-15(12)18/h3-6,8,10,14,20H,2,7,9H2,1H3,(H2,19,21). The van der Waals surface area contributed by atoms with Gasteiger partial charge >= 0.3 is 0 Å². The number of aromatic nitrogens is 1. The van der Waals surface area contributed by atoms with Crippen LogP contribution in [-0.4, -0.2) is 17.6 Å². The molecule has 0 aliphatic rings. The number of nitrogens with two attached hydrogens (primary N) is 1. The molecule has 2 rings (SSSR count). The molecule has 3 N–H and O–H groups in total. The number of nitrogens with one attached hydrogen (secondary N) is 1. The third-order valence-electron chi connectivity index (χ3n) is 3.30. The molecule has 1 aromatic carbocycles. The van der Waals surface area contributed by atoms with Crippen LogP contribution in [0.1, 0.15) is 18.1 Å². The number of hydrogen-bond donors (Lipinski definition) is 2. The van der Waals surface area contributed by atoms with Gasteiger partial charge in [-0.25, -0.2) is 13.8 Å². The van der Waals surface area contributed by atoms with Crippen LogP contribution in [0.5, 0.6) is 0 Å². The van der Waals surface area contributed by atoms with Crippen LogP contribution < -0.4 is 11.1 Å². The summed E-state index contributed by atoms with van der Waals surface area (Å²) in [6, 6.07) is 7.45. The van der Waals surface area contributed by atoms with Crippen LogP contribution in [0.25, 0.3) is 0 Å². The van der Waals surface area contributed by atoms with Crippen molar-refractivity contribution in [3.8, 4) is 0 Å². The number of anilines is 1. The third-order valence-corrected chi connectivity index (χ3v) is 3.30. The highest BCUT2D eigenvalue weighted by Gasteiger charge is 2.13. The lowest BCUT2D eigenvalue weighted by molar-refractivity contribution is 0.501. The first-order valence-electron chi connectivity index (χ1n) is 6.96. The minimum absolute atomic E-state index is 0.0526. The third kappa shape index (κ3) is 4.49. The lowest BCUT2D eigenvalue weighted by Crippen LogP contribution is -2.33. The number of nitrogens with zero attached hydrogens (tertiary/aromatic N) is 1. The summed E-state index contributed by atoms with van der Waals surface area (Å²) in [5, 5.41) is 3.32. The van der Waals surface area contributed by atoms with Crippen LogP contribution in [0.3, 0.4) is 0 Å². The van der Waals surface area contributed by atoms with Gasteiger partial charge < -0.3 is 11.1 Å². The highest BCUT2D eigenvalue weighted by molar-refractivity contribution is 5.32. The van der Waals surface area contributed by atoms with E-state index < -0.39 is 11.6 Å². The molecule has 0 bridgehead atoms. The lowest BCUT2D eigenvalue weighted by atomic mass is 9.99. The molecule has 3 nitrogen and oxygen atoms in total. The highest BCUT2D eigenvalue weighted by Crippen LogP contribution is 2.14. The Balaban J connectivity index is 2.11. The molecule has 1 atom stereocenters. The average Bonchev–Trinajstić information content (AvgIpc) is 2.42. The van der Waals surface area contributed by atoms with Gasteiger partial charge in [-0.1, -0.05) is 13.0 Å². The molecule has 0 fully saturated rings. The van der Waals surface area contributed by atoms with Crippen LogP contribution >= 0.6 is 0 Å². The summed E-state index contributed by atoms with van der Waals surface area (Å²) in [5.41, 5.74) is 7.21. The van der Waals surface area contributed by atoms with Crippen molar-refractivity contribution in [3.63, 3.8) is 0 Å². The largest absolute Gasteiger partial charge is 0.384 e. The second-order valence-corrected chi connectivity index (χ2v) is 4.99. The van der Waals surface area contributed by atoms with E-state index in [0.717, 1.165) is 18.2 Å². The van der Waals surface area contributed by atoms with E-state index in [1.807, 2.05) is 19.1 Å². The molecule has 0 radical (unpaired) electrons. The van der Waals surface area contributed by atoms with Crippen molar-refractivity contribution in [1.82, 2.24) is 10.3 Å². The molecule has 0 amide bonds. The molecule has 5 heteroatoms. The van der Waals surface area contributed by atoms with E-state index >= 15 is 0 Å². The maximum Gasteiger partial charge on any atom is 0.129 e. The number of likely N-dealkylation sites (N-methyl/N-ethyl adjacent to an activating group) is 1. The van der Waals surface area contributed by atoms with Crippen molar-refractivity contribution >= 4 is 5.82 Å². The van der Waals surface area contributed by atoms with E-state index in [-0.39, 0.29) is 6.04 Å². The molecule has 0 saturated heterocycles. The predicted octanol–water partition coefficient (Wildman–Crippen LogP) is 2.71. The molecule has 112 valence electrons. The Morgan fingerprint density at radius 2 is 2.00 bits per heavy atom. The maximum absolute atomic E-state index is 13.8. The molecular formula is C16H19F2N3. The molecule has 1 aromatic heterocycles. The first kappa shape index (κ1) is 15.4. The summed E-state index contributed by atoms with van der Waals surface area (Å²) in [7, 11) is 0. The van der Waals surface area contributed by atoms with E-state index in [0.29, 0.717) is 24.2 Å². The number of pyridine rings is 1. The van der Waals surface area contributed by atoms with E-state index in [1.165, 1.54) is 12.1 Å². The van der Waals surface area contributed by atoms with Gasteiger partial charge in [-0.2, -0.15) is 0 Å². The van der Waals surface area contributed by atoms with E-state index in [4.69, 9.17) is 5.73 Å². The Hall–Kier alpha value is -2.01. The lowest BCUT2D eigenvalue weighted by Gasteiger charge is -2.18. The fourth-order valence-electron chi connectivity index (χ4n) is 2.36. The van der Waals surface area contributed by atoms with Crippen molar-refractivity contribution < 1.29 is 8.78 Å². The number of hydrogen-bond acceptors (Lipinski definition) is 3. The molecule has 1 heterocycles. The zero-order chi connectivity index (χ0) is 15.2. The number of rotatable bonds is 6.